The number of nitrogens with one attached hydrogen (secondary N) is 1. The lowest BCUT2D eigenvalue weighted by molar-refractivity contribution is 0.102. The number of carbonyl (C=O) groups excluding carboxylic acids is 1. The van der Waals surface area contributed by atoms with Crippen molar-refractivity contribution in [1.29, 1.82) is 0 Å². The molecular weight excluding hydrogens is 398 g/mol. The first-order valence-corrected chi connectivity index (χ1v) is 9.26. The normalized spacial score (nSPS) is 10.6. The highest BCUT2D eigenvalue weighted by Gasteiger charge is 2.13. The molecule has 4 aromatic rings. The molecule has 0 radical (unpaired) electrons. The summed E-state index contributed by atoms with van der Waals surface area (Å²) in [6.07, 6.45) is 6.70. The molecule has 0 aliphatic carbocycles. The van der Waals surface area contributed by atoms with Crippen molar-refractivity contribution in [3.8, 4) is 22.8 Å². The van der Waals surface area contributed by atoms with Gasteiger partial charge in [0.2, 0.25) is 0 Å². The Morgan fingerprint density at radius 3 is 2.61 bits per heavy atom. The van der Waals surface area contributed by atoms with Gasteiger partial charge < -0.3 is 15.8 Å². The van der Waals surface area contributed by atoms with Gasteiger partial charge in [0.05, 0.1) is 18.1 Å². The molecular formula is C21H19N7O3. The molecule has 0 bridgehead atoms. The Hall–Kier alpha value is -4.47. The topological polar surface area (TPSA) is 130 Å². The first kappa shape index (κ1) is 19.8. The van der Waals surface area contributed by atoms with Crippen LogP contribution in [0.5, 0.6) is 11.5 Å². The van der Waals surface area contributed by atoms with Crippen molar-refractivity contribution in [2.45, 2.75) is 0 Å². The number of anilines is 2. The van der Waals surface area contributed by atoms with E-state index < -0.39 is 11.5 Å². The second-order valence-electron chi connectivity index (χ2n) is 6.75. The number of amides is 1. The molecule has 156 valence electrons. The molecule has 31 heavy (non-hydrogen) atoms. The summed E-state index contributed by atoms with van der Waals surface area (Å²) in [6.45, 7) is 0. The number of rotatable bonds is 5. The molecule has 1 amide bonds. The quantitative estimate of drug-likeness (QED) is 0.509. The van der Waals surface area contributed by atoms with Gasteiger partial charge in [0.1, 0.15) is 28.7 Å². The molecule has 0 saturated carbocycles. The molecule has 4 heterocycles. The average molecular weight is 417 g/mol. The Morgan fingerprint density at radius 2 is 1.90 bits per heavy atom. The first-order chi connectivity index (χ1) is 14.9. The van der Waals surface area contributed by atoms with Crippen molar-refractivity contribution in [3.63, 3.8) is 0 Å². The molecule has 0 unspecified atom stereocenters. The van der Waals surface area contributed by atoms with E-state index >= 15 is 0 Å². The number of nitrogens with two attached hydrogens (primary N) is 1. The van der Waals surface area contributed by atoms with E-state index in [2.05, 4.69) is 20.4 Å². The molecule has 10 heteroatoms. The van der Waals surface area contributed by atoms with Crippen LogP contribution in [-0.2, 0) is 14.1 Å². The van der Waals surface area contributed by atoms with Crippen LogP contribution in [0.3, 0.4) is 0 Å². The second-order valence-corrected chi connectivity index (χ2v) is 6.75. The lowest BCUT2D eigenvalue weighted by Gasteiger charge is -2.09. The van der Waals surface area contributed by atoms with Crippen LogP contribution in [0, 0.1) is 0 Å². The minimum atomic E-state index is -0.572. The number of aromatic nitrogens is 5. The Morgan fingerprint density at radius 1 is 1.06 bits per heavy atom. The van der Waals surface area contributed by atoms with Crippen molar-refractivity contribution < 1.29 is 9.53 Å². The van der Waals surface area contributed by atoms with Crippen molar-refractivity contribution in [1.82, 2.24) is 24.3 Å². The highest BCUT2D eigenvalue weighted by Crippen LogP contribution is 2.25. The van der Waals surface area contributed by atoms with E-state index in [-0.39, 0.29) is 17.2 Å². The third-order valence-corrected chi connectivity index (χ3v) is 4.53. The highest BCUT2D eigenvalue weighted by molar-refractivity contribution is 6.03. The standard InChI is InChI=1S/C21H19N7O3/c1-27-12-13(10-25-27)17-9-14(7-8-23-17)31-15-3-6-19(24-11-15)26-20(29)16-4-5-18(22)28(2)21(16)30/h3-12H,22H2,1-2H3,(H,24,26,29). The molecule has 4 rings (SSSR count). The maximum atomic E-state index is 12.4. The summed E-state index contributed by atoms with van der Waals surface area (Å²) in [7, 11) is 3.33. The summed E-state index contributed by atoms with van der Waals surface area (Å²) in [5.74, 6) is 1.03. The fourth-order valence-corrected chi connectivity index (χ4v) is 2.84. The predicted octanol–water partition coefficient (Wildman–Crippen LogP) is 2.20. The molecule has 0 saturated heterocycles. The monoisotopic (exact) mass is 417 g/mol. The minimum Gasteiger partial charge on any atom is -0.456 e. The maximum absolute atomic E-state index is 12.4. The van der Waals surface area contributed by atoms with Gasteiger partial charge in [-0.3, -0.25) is 23.8 Å². The average Bonchev–Trinajstić information content (AvgIpc) is 3.20. The van der Waals surface area contributed by atoms with E-state index in [1.54, 1.807) is 41.3 Å². The van der Waals surface area contributed by atoms with E-state index in [9.17, 15) is 9.59 Å². The number of hydrogen-bond acceptors (Lipinski definition) is 7. The van der Waals surface area contributed by atoms with Gasteiger partial charge in [-0.1, -0.05) is 0 Å². The van der Waals surface area contributed by atoms with Crippen molar-refractivity contribution in [3.05, 3.63) is 77.1 Å². The van der Waals surface area contributed by atoms with Crippen LogP contribution in [0.4, 0.5) is 11.6 Å². The van der Waals surface area contributed by atoms with Gasteiger partial charge in [-0.2, -0.15) is 5.10 Å². The van der Waals surface area contributed by atoms with Crippen molar-refractivity contribution in [2.75, 3.05) is 11.1 Å². The first-order valence-electron chi connectivity index (χ1n) is 9.26. The molecule has 10 nitrogen and oxygen atoms in total. The number of aryl methyl sites for hydroxylation is 1. The molecule has 0 aromatic carbocycles. The van der Waals surface area contributed by atoms with Crippen LogP contribution in [0.15, 0.2) is 66.0 Å². The van der Waals surface area contributed by atoms with E-state index in [1.165, 1.54) is 29.9 Å². The number of nitrogen functional groups attached to an aromatic ring is 1. The lowest BCUT2D eigenvalue weighted by Crippen LogP contribution is -2.28. The van der Waals surface area contributed by atoms with E-state index in [0.29, 0.717) is 11.5 Å². The number of nitrogens with zero attached hydrogens (tertiary/aromatic N) is 5. The summed E-state index contributed by atoms with van der Waals surface area (Å²) in [5, 5.41) is 6.73. The van der Waals surface area contributed by atoms with Gasteiger partial charge in [-0.25, -0.2) is 4.98 Å². The predicted molar refractivity (Wildman–Crippen MR) is 115 cm³/mol. The largest absolute Gasteiger partial charge is 0.456 e. The number of pyridine rings is 3. The van der Waals surface area contributed by atoms with Crippen LogP contribution in [0.1, 0.15) is 10.4 Å². The van der Waals surface area contributed by atoms with Gasteiger partial charge in [-0.15, -0.1) is 0 Å². The van der Waals surface area contributed by atoms with Gasteiger partial charge in [0, 0.05) is 38.1 Å². The van der Waals surface area contributed by atoms with Crippen LogP contribution in [0.25, 0.3) is 11.3 Å². The molecule has 0 fully saturated rings. The SMILES string of the molecule is Cn1cc(-c2cc(Oc3ccc(NC(=O)c4ccc(N)n(C)c4=O)nc3)ccn2)cn1. The molecule has 0 aliphatic rings. The van der Waals surface area contributed by atoms with Crippen LogP contribution in [-0.4, -0.2) is 30.2 Å². The summed E-state index contributed by atoms with van der Waals surface area (Å²) in [4.78, 5) is 33.1. The Kier molecular flexibility index (Phi) is 5.19. The summed E-state index contributed by atoms with van der Waals surface area (Å²) >= 11 is 0. The van der Waals surface area contributed by atoms with Crippen LogP contribution in [0.2, 0.25) is 0 Å². The Labute approximate surface area is 177 Å². The summed E-state index contributed by atoms with van der Waals surface area (Å²) in [6, 6.07) is 9.64. The van der Waals surface area contributed by atoms with E-state index in [0.717, 1.165) is 11.3 Å². The number of hydrogen-bond donors (Lipinski definition) is 2. The third-order valence-electron chi connectivity index (χ3n) is 4.53. The van der Waals surface area contributed by atoms with E-state index in [1.807, 2.05) is 13.2 Å². The highest BCUT2D eigenvalue weighted by atomic mass is 16.5. The number of carbonyl (C=O) groups is 1. The van der Waals surface area contributed by atoms with E-state index in [4.69, 9.17) is 10.5 Å². The zero-order chi connectivity index (χ0) is 22.0. The second kappa shape index (κ2) is 8.11. The Balaban J connectivity index is 1.46. The summed E-state index contributed by atoms with van der Waals surface area (Å²) in [5.41, 5.74) is 6.75. The molecule has 0 spiro atoms. The fraction of sp³-hybridized carbons (Fsp3) is 0.0952. The third kappa shape index (κ3) is 4.27. The zero-order valence-electron chi connectivity index (χ0n) is 16.8. The van der Waals surface area contributed by atoms with Crippen LogP contribution >= 0.6 is 0 Å². The lowest BCUT2D eigenvalue weighted by atomic mass is 10.2. The molecule has 3 N–H and O–H groups in total. The van der Waals surface area contributed by atoms with Gasteiger partial charge in [0.25, 0.3) is 11.5 Å². The van der Waals surface area contributed by atoms with Crippen molar-refractivity contribution in [2.24, 2.45) is 14.1 Å². The van der Waals surface area contributed by atoms with Gasteiger partial charge in [-0.05, 0) is 30.3 Å². The number of ether oxygens (including phenoxy) is 1. The molecule has 4 aromatic heterocycles. The van der Waals surface area contributed by atoms with Crippen molar-refractivity contribution >= 4 is 17.5 Å². The molecule has 0 atom stereocenters. The molecule has 0 aliphatic heterocycles. The Bertz CT molecular complexity index is 1310. The van der Waals surface area contributed by atoms with Gasteiger partial charge >= 0.3 is 0 Å². The smallest absolute Gasteiger partial charge is 0.264 e. The van der Waals surface area contributed by atoms with Crippen LogP contribution < -0.4 is 21.3 Å². The van der Waals surface area contributed by atoms with Gasteiger partial charge in [0.15, 0.2) is 0 Å². The summed E-state index contributed by atoms with van der Waals surface area (Å²) < 4.78 is 8.73. The maximum Gasteiger partial charge on any atom is 0.264 e. The zero-order valence-corrected chi connectivity index (χ0v) is 16.8. The fourth-order valence-electron chi connectivity index (χ4n) is 2.84. The minimum absolute atomic E-state index is 0.0291.